The summed E-state index contributed by atoms with van der Waals surface area (Å²) in [5, 5.41) is 8.62. The van der Waals surface area contributed by atoms with Crippen molar-refractivity contribution in [2.75, 3.05) is 6.61 Å². The van der Waals surface area contributed by atoms with Crippen LogP contribution in [0.1, 0.15) is 30.0 Å². The summed E-state index contributed by atoms with van der Waals surface area (Å²) in [7, 11) is 0. The molecule has 0 aliphatic rings. The van der Waals surface area contributed by atoms with Crippen LogP contribution >= 0.6 is 0 Å². The minimum atomic E-state index is -0.947. The zero-order valence-corrected chi connectivity index (χ0v) is 11.7. The molecular formula is C16H20O3. The highest BCUT2D eigenvalue weighted by Crippen LogP contribution is 2.25. The maximum Gasteiger partial charge on any atom is 0.328 e. The standard InChI is InChI=1S/C16H20O3/c1-11(2)7-8-19-16-12(3)9-14(10-13(16)4)5-6-15(17)18/h5-6,9-10H,1,7-8H2,2-4H3,(H,17,18)/b6-5+. The van der Waals surface area contributed by atoms with E-state index in [4.69, 9.17) is 9.84 Å². The molecule has 0 aliphatic heterocycles. The van der Waals surface area contributed by atoms with Gasteiger partial charge in [0.2, 0.25) is 0 Å². The molecule has 0 saturated carbocycles. The number of hydrogen-bond acceptors (Lipinski definition) is 2. The van der Waals surface area contributed by atoms with Crippen LogP contribution in [0.15, 0.2) is 30.4 Å². The van der Waals surface area contributed by atoms with E-state index in [1.807, 2.05) is 32.9 Å². The van der Waals surface area contributed by atoms with Gasteiger partial charge >= 0.3 is 5.97 Å². The summed E-state index contributed by atoms with van der Waals surface area (Å²) in [4.78, 5) is 10.5. The number of carboxylic acids is 1. The second-order valence-electron chi connectivity index (χ2n) is 4.71. The summed E-state index contributed by atoms with van der Waals surface area (Å²) < 4.78 is 5.76. The van der Waals surface area contributed by atoms with E-state index < -0.39 is 5.97 Å². The molecule has 1 N–H and O–H groups in total. The monoisotopic (exact) mass is 260 g/mol. The van der Waals surface area contributed by atoms with Gasteiger partial charge in [0.25, 0.3) is 0 Å². The van der Waals surface area contributed by atoms with Crippen LogP contribution in [0.4, 0.5) is 0 Å². The van der Waals surface area contributed by atoms with Crippen molar-refractivity contribution < 1.29 is 14.6 Å². The molecule has 0 unspecified atom stereocenters. The number of rotatable bonds is 6. The van der Waals surface area contributed by atoms with Gasteiger partial charge < -0.3 is 9.84 Å². The maximum atomic E-state index is 10.5. The van der Waals surface area contributed by atoms with Crippen molar-refractivity contribution in [1.29, 1.82) is 0 Å². The quantitative estimate of drug-likeness (QED) is 0.626. The number of aliphatic carboxylic acids is 1. The topological polar surface area (TPSA) is 46.5 Å². The number of ether oxygens (including phenoxy) is 1. The second-order valence-corrected chi connectivity index (χ2v) is 4.71. The van der Waals surface area contributed by atoms with Gasteiger partial charge in [-0.1, -0.05) is 5.57 Å². The van der Waals surface area contributed by atoms with E-state index in [0.29, 0.717) is 6.61 Å². The first-order valence-corrected chi connectivity index (χ1v) is 6.19. The lowest BCUT2D eigenvalue weighted by molar-refractivity contribution is -0.131. The highest BCUT2D eigenvalue weighted by atomic mass is 16.5. The molecule has 1 rings (SSSR count). The van der Waals surface area contributed by atoms with Crippen LogP contribution in [0.3, 0.4) is 0 Å². The van der Waals surface area contributed by atoms with Crippen LogP contribution in [0.2, 0.25) is 0 Å². The molecule has 102 valence electrons. The van der Waals surface area contributed by atoms with E-state index in [0.717, 1.165) is 40.5 Å². The van der Waals surface area contributed by atoms with Gasteiger partial charge in [0.1, 0.15) is 5.75 Å². The summed E-state index contributed by atoms with van der Waals surface area (Å²) >= 11 is 0. The second kappa shape index (κ2) is 6.78. The Hall–Kier alpha value is -2.03. The fourth-order valence-corrected chi connectivity index (χ4v) is 1.80. The molecule has 0 fully saturated rings. The maximum absolute atomic E-state index is 10.5. The molecule has 3 nitrogen and oxygen atoms in total. The molecule has 0 bridgehead atoms. The summed E-state index contributed by atoms with van der Waals surface area (Å²) in [6, 6.07) is 3.84. The average molecular weight is 260 g/mol. The van der Waals surface area contributed by atoms with Gasteiger partial charge in [-0.15, -0.1) is 6.58 Å². The summed E-state index contributed by atoms with van der Waals surface area (Å²) in [6.07, 6.45) is 3.55. The normalized spacial score (nSPS) is 10.7. The third kappa shape index (κ3) is 5.00. The van der Waals surface area contributed by atoms with E-state index in [-0.39, 0.29) is 0 Å². The van der Waals surface area contributed by atoms with Crippen LogP contribution in [-0.4, -0.2) is 17.7 Å². The summed E-state index contributed by atoms with van der Waals surface area (Å²) in [5.74, 6) is -0.0779. The Balaban J connectivity index is 2.85. The molecule has 0 amide bonds. The highest BCUT2D eigenvalue weighted by Gasteiger charge is 2.05. The third-order valence-electron chi connectivity index (χ3n) is 2.68. The highest BCUT2D eigenvalue weighted by molar-refractivity contribution is 5.85. The molecule has 1 aromatic rings. The lowest BCUT2D eigenvalue weighted by Crippen LogP contribution is -2.01. The number of benzene rings is 1. The molecule has 0 saturated heterocycles. The van der Waals surface area contributed by atoms with Crippen molar-refractivity contribution >= 4 is 12.0 Å². The first-order valence-electron chi connectivity index (χ1n) is 6.19. The molecular weight excluding hydrogens is 240 g/mol. The zero-order chi connectivity index (χ0) is 14.4. The van der Waals surface area contributed by atoms with Crippen molar-refractivity contribution in [2.45, 2.75) is 27.2 Å². The van der Waals surface area contributed by atoms with Crippen LogP contribution in [0, 0.1) is 13.8 Å². The Morgan fingerprint density at radius 1 is 1.37 bits per heavy atom. The summed E-state index contributed by atoms with van der Waals surface area (Å²) in [5.41, 5.74) is 3.97. The van der Waals surface area contributed by atoms with Gasteiger partial charge in [-0.25, -0.2) is 4.79 Å². The molecule has 1 aromatic carbocycles. The first kappa shape index (κ1) is 15.0. The van der Waals surface area contributed by atoms with Gasteiger partial charge in [-0.05, 0) is 55.7 Å². The lowest BCUT2D eigenvalue weighted by atomic mass is 10.1. The van der Waals surface area contributed by atoms with E-state index >= 15 is 0 Å². The molecule has 0 spiro atoms. The molecule has 0 heterocycles. The minimum Gasteiger partial charge on any atom is -0.493 e. The van der Waals surface area contributed by atoms with Crippen molar-refractivity contribution in [3.05, 3.63) is 47.1 Å². The average Bonchev–Trinajstić information content (AvgIpc) is 2.29. The molecule has 3 heteroatoms. The van der Waals surface area contributed by atoms with Gasteiger partial charge in [0.15, 0.2) is 0 Å². The van der Waals surface area contributed by atoms with Gasteiger partial charge in [-0.3, -0.25) is 0 Å². The number of hydrogen-bond donors (Lipinski definition) is 1. The zero-order valence-electron chi connectivity index (χ0n) is 11.7. The van der Waals surface area contributed by atoms with E-state index in [1.54, 1.807) is 6.08 Å². The number of carbonyl (C=O) groups is 1. The lowest BCUT2D eigenvalue weighted by Gasteiger charge is -2.13. The van der Waals surface area contributed by atoms with Crippen LogP contribution in [-0.2, 0) is 4.79 Å². The first-order chi connectivity index (χ1) is 8.90. The van der Waals surface area contributed by atoms with Crippen molar-refractivity contribution in [3.8, 4) is 5.75 Å². The summed E-state index contributed by atoms with van der Waals surface area (Å²) in [6.45, 7) is 10.3. The molecule has 0 aliphatic carbocycles. The number of carboxylic acid groups (broad SMARTS) is 1. The Bertz CT molecular complexity index is 490. The Labute approximate surface area is 114 Å². The van der Waals surface area contributed by atoms with E-state index in [9.17, 15) is 4.79 Å². The van der Waals surface area contributed by atoms with Crippen LogP contribution in [0.5, 0.6) is 5.75 Å². The number of aryl methyl sites for hydroxylation is 2. The smallest absolute Gasteiger partial charge is 0.328 e. The van der Waals surface area contributed by atoms with Crippen molar-refractivity contribution in [1.82, 2.24) is 0 Å². The predicted molar refractivity (Wildman–Crippen MR) is 77.5 cm³/mol. The van der Waals surface area contributed by atoms with Crippen molar-refractivity contribution in [3.63, 3.8) is 0 Å². The fourth-order valence-electron chi connectivity index (χ4n) is 1.80. The van der Waals surface area contributed by atoms with Gasteiger partial charge in [-0.2, -0.15) is 0 Å². The van der Waals surface area contributed by atoms with E-state index in [2.05, 4.69) is 6.58 Å². The largest absolute Gasteiger partial charge is 0.493 e. The Kier molecular flexibility index (Phi) is 5.37. The van der Waals surface area contributed by atoms with Crippen LogP contribution in [0.25, 0.3) is 6.08 Å². The van der Waals surface area contributed by atoms with Crippen molar-refractivity contribution in [2.24, 2.45) is 0 Å². The van der Waals surface area contributed by atoms with Crippen LogP contribution < -0.4 is 4.74 Å². The predicted octanol–water partition coefficient (Wildman–Crippen LogP) is 3.75. The molecule has 0 radical (unpaired) electrons. The Morgan fingerprint density at radius 3 is 2.42 bits per heavy atom. The molecule has 0 atom stereocenters. The molecule has 0 aromatic heterocycles. The molecule has 19 heavy (non-hydrogen) atoms. The third-order valence-corrected chi connectivity index (χ3v) is 2.68. The SMILES string of the molecule is C=C(C)CCOc1c(C)cc(/C=C/C(=O)O)cc1C. The minimum absolute atomic E-state index is 0.612. The Morgan fingerprint density at radius 2 is 1.95 bits per heavy atom. The fraction of sp³-hybridized carbons (Fsp3) is 0.312. The van der Waals surface area contributed by atoms with Gasteiger partial charge in [0, 0.05) is 12.5 Å². The van der Waals surface area contributed by atoms with E-state index in [1.165, 1.54) is 0 Å². The van der Waals surface area contributed by atoms with Gasteiger partial charge in [0.05, 0.1) is 6.61 Å².